The molecule has 0 spiro atoms. The SMILES string of the molecule is Cc1cccc(C)c1OCCN1CCCC(C(=O)N2CCNCC2)C1.Cl. The number of piperidine rings is 1. The van der Waals surface area contributed by atoms with Gasteiger partial charge < -0.3 is 15.0 Å². The Bertz CT molecular complexity index is 570. The van der Waals surface area contributed by atoms with Crippen molar-refractivity contribution in [3.63, 3.8) is 0 Å². The predicted molar refractivity (Wildman–Crippen MR) is 107 cm³/mol. The Labute approximate surface area is 163 Å². The average molecular weight is 382 g/mol. The van der Waals surface area contributed by atoms with Crippen LogP contribution in [-0.4, -0.2) is 68.1 Å². The van der Waals surface area contributed by atoms with Crippen LogP contribution in [0.1, 0.15) is 24.0 Å². The quantitative estimate of drug-likeness (QED) is 0.849. The molecule has 3 rings (SSSR count). The van der Waals surface area contributed by atoms with E-state index in [1.807, 2.05) is 4.90 Å². The molecule has 146 valence electrons. The third kappa shape index (κ3) is 5.35. The zero-order valence-corrected chi connectivity index (χ0v) is 16.8. The highest BCUT2D eigenvalue weighted by Crippen LogP contribution is 2.23. The summed E-state index contributed by atoms with van der Waals surface area (Å²) in [6.07, 6.45) is 2.13. The highest BCUT2D eigenvalue weighted by molar-refractivity contribution is 5.85. The molecule has 1 amide bonds. The lowest BCUT2D eigenvalue weighted by Gasteiger charge is -2.36. The van der Waals surface area contributed by atoms with Crippen molar-refractivity contribution in [2.24, 2.45) is 5.92 Å². The zero-order chi connectivity index (χ0) is 17.6. The number of rotatable bonds is 5. The number of para-hydroxylation sites is 1. The van der Waals surface area contributed by atoms with Gasteiger partial charge in [0.1, 0.15) is 12.4 Å². The first-order valence-corrected chi connectivity index (χ1v) is 9.56. The van der Waals surface area contributed by atoms with Gasteiger partial charge in [-0.1, -0.05) is 18.2 Å². The summed E-state index contributed by atoms with van der Waals surface area (Å²) in [4.78, 5) is 17.2. The number of hydrogen-bond acceptors (Lipinski definition) is 4. The number of nitrogens with one attached hydrogen (secondary N) is 1. The second-order valence-electron chi connectivity index (χ2n) is 7.28. The molecule has 6 heteroatoms. The second-order valence-corrected chi connectivity index (χ2v) is 7.28. The standard InChI is InChI=1S/C20H31N3O2.ClH/c1-16-5-3-6-17(2)19(16)25-14-13-22-10-4-7-18(15-22)20(24)23-11-8-21-9-12-23;/h3,5-6,18,21H,4,7-15H2,1-2H3;1H. The Balaban J connectivity index is 0.00000243. The maximum absolute atomic E-state index is 12.7. The number of ether oxygens (including phenoxy) is 1. The van der Waals surface area contributed by atoms with Crippen LogP contribution < -0.4 is 10.1 Å². The van der Waals surface area contributed by atoms with E-state index in [4.69, 9.17) is 4.74 Å². The van der Waals surface area contributed by atoms with Gasteiger partial charge in [-0.05, 0) is 44.4 Å². The summed E-state index contributed by atoms with van der Waals surface area (Å²) in [7, 11) is 0. The van der Waals surface area contributed by atoms with Crippen LogP contribution in [0.2, 0.25) is 0 Å². The van der Waals surface area contributed by atoms with Crippen LogP contribution in [0.5, 0.6) is 5.75 Å². The lowest BCUT2D eigenvalue weighted by atomic mass is 9.96. The number of aryl methyl sites for hydroxylation is 2. The first kappa shape index (κ1) is 21.0. The molecule has 0 bridgehead atoms. The van der Waals surface area contributed by atoms with Crippen molar-refractivity contribution in [1.29, 1.82) is 0 Å². The molecule has 26 heavy (non-hydrogen) atoms. The number of hydrogen-bond donors (Lipinski definition) is 1. The Morgan fingerprint density at radius 2 is 1.88 bits per heavy atom. The van der Waals surface area contributed by atoms with Crippen LogP contribution in [0.25, 0.3) is 0 Å². The van der Waals surface area contributed by atoms with E-state index in [-0.39, 0.29) is 18.3 Å². The van der Waals surface area contributed by atoms with E-state index in [0.29, 0.717) is 12.5 Å². The van der Waals surface area contributed by atoms with E-state index in [2.05, 4.69) is 42.3 Å². The summed E-state index contributed by atoms with van der Waals surface area (Å²) in [5.74, 6) is 1.52. The van der Waals surface area contributed by atoms with Crippen molar-refractivity contribution >= 4 is 18.3 Å². The van der Waals surface area contributed by atoms with Gasteiger partial charge in [0, 0.05) is 39.3 Å². The van der Waals surface area contributed by atoms with Crippen molar-refractivity contribution in [2.75, 3.05) is 52.4 Å². The molecule has 1 unspecified atom stereocenters. The van der Waals surface area contributed by atoms with E-state index in [9.17, 15) is 4.79 Å². The minimum Gasteiger partial charge on any atom is -0.492 e. The molecular weight excluding hydrogens is 350 g/mol. The summed E-state index contributed by atoms with van der Waals surface area (Å²) in [5, 5.41) is 3.31. The zero-order valence-electron chi connectivity index (χ0n) is 16.0. The van der Waals surface area contributed by atoms with E-state index < -0.39 is 0 Å². The Morgan fingerprint density at radius 1 is 1.19 bits per heavy atom. The number of likely N-dealkylation sites (tertiary alicyclic amines) is 1. The summed E-state index contributed by atoms with van der Waals surface area (Å²) in [6, 6.07) is 6.24. The molecule has 2 aliphatic rings. The third-order valence-corrected chi connectivity index (χ3v) is 5.35. The van der Waals surface area contributed by atoms with Crippen molar-refractivity contribution in [3.05, 3.63) is 29.3 Å². The monoisotopic (exact) mass is 381 g/mol. The number of piperazine rings is 1. The average Bonchev–Trinajstić information content (AvgIpc) is 2.64. The molecule has 2 heterocycles. The molecule has 2 fully saturated rings. The molecule has 0 aliphatic carbocycles. The van der Waals surface area contributed by atoms with E-state index in [0.717, 1.165) is 64.4 Å². The van der Waals surface area contributed by atoms with Crippen LogP contribution in [0, 0.1) is 19.8 Å². The summed E-state index contributed by atoms with van der Waals surface area (Å²) >= 11 is 0. The normalized spacial score (nSPS) is 21.2. The number of benzene rings is 1. The fourth-order valence-electron chi connectivity index (χ4n) is 3.91. The third-order valence-electron chi connectivity index (χ3n) is 5.35. The van der Waals surface area contributed by atoms with Crippen LogP contribution >= 0.6 is 12.4 Å². The van der Waals surface area contributed by atoms with Crippen LogP contribution in [-0.2, 0) is 4.79 Å². The second kappa shape index (κ2) is 10.1. The van der Waals surface area contributed by atoms with Gasteiger partial charge in [-0.25, -0.2) is 0 Å². The largest absolute Gasteiger partial charge is 0.492 e. The van der Waals surface area contributed by atoms with Crippen molar-refractivity contribution in [1.82, 2.24) is 15.1 Å². The van der Waals surface area contributed by atoms with Gasteiger partial charge in [0.15, 0.2) is 0 Å². The number of amides is 1. The van der Waals surface area contributed by atoms with Crippen LogP contribution in [0.15, 0.2) is 18.2 Å². The van der Waals surface area contributed by atoms with Crippen molar-refractivity contribution in [3.8, 4) is 5.75 Å². The fraction of sp³-hybridized carbons (Fsp3) is 0.650. The number of nitrogens with zero attached hydrogens (tertiary/aromatic N) is 2. The Morgan fingerprint density at radius 3 is 2.58 bits per heavy atom. The lowest BCUT2D eigenvalue weighted by Crippen LogP contribution is -2.51. The summed E-state index contributed by atoms with van der Waals surface area (Å²) < 4.78 is 6.04. The maximum atomic E-state index is 12.7. The van der Waals surface area contributed by atoms with Gasteiger partial charge in [0.25, 0.3) is 0 Å². The lowest BCUT2D eigenvalue weighted by molar-refractivity contribution is -0.138. The molecule has 0 saturated carbocycles. The molecule has 1 aromatic carbocycles. The van der Waals surface area contributed by atoms with Gasteiger partial charge in [0.05, 0.1) is 5.92 Å². The highest BCUT2D eigenvalue weighted by Gasteiger charge is 2.29. The van der Waals surface area contributed by atoms with Crippen LogP contribution in [0.4, 0.5) is 0 Å². The highest BCUT2D eigenvalue weighted by atomic mass is 35.5. The molecular formula is C20H32ClN3O2. The predicted octanol–water partition coefficient (Wildman–Crippen LogP) is 2.25. The van der Waals surface area contributed by atoms with E-state index in [1.54, 1.807) is 0 Å². The molecule has 2 aliphatic heterocycles. The van der Waals surface area contributed by atoms with Crippen molar-refractivity contribution < 1.29 is 9.53 Å². The van der Waals surface area contributed by atoms with Crippen molar-refractivity contribution in [2.45, 2.75) is 26.7 Å². The first-order chi connectivity index (χ1) is 12.1. The van der Waals surface area contributed by atoms with Gasteiger partial charge in [-0.3, -0.25) is 9.69 Å². The van der Waals surface area contributed by atoms with E-state index >= 15 is 0 Å². The minimum atomic E-state index is 0. The molecule has 0 radical (unpaired) electrons. The van der Waals surface area contributed by atoms with Crippen LogP contribution in [0.3, 0.4) is 0 Å². The summed E-state index contributed by atoms with van der Waals surface area (Å²) in [5.41, 5.74) is 2.37. The van der Waals surface area contributed by atoms with E-state index in [1.165, 1.54) is 11.1 Å². The van der Waals surface area contributed by atoms with Gasteiger partial charge in [0.2, 0.25) is 5.91 Å². The maximum Gasteiger partial charge on any atom is 0.227 e. The minimum absolute atomic E-state index is 0. The number of carbonyl (C=O) groups excluding carboxylic acids is 1. The van der Waals surface area contributed by atoms with Gasteiger partial charge >= 0.3 is 0 Å². The molecule has 2 saturated heterocycles. The first-order valence-electron chi connectivity index (χ1n) is 9.56. The fourth-order valence-corrected chi connectivity index (χ4v) is 3.91. The van der Waals surface area contributed by atoms with Gasteiger partial charge in [-0.15, -0.1) is 12.4 Å². The topological polar surface area (TPSA) is 44.8 Å². The Kier molecular flexibility index (Phi) is 8.19. The molecule has 5 nitrogen and oxygen atoms in total. The molecule has 1 aromatic rings. The van der Waals surface area contributed by atoms with Gasteiger partial charge in [-0.2, -0.15) is 0 Å². The molecule has 0 aromatic heterocycles. The smallest absolute Gasteiger partial charge is 0.227 e. The molecule has 1 atom stereocenters. The summed E-state index contributed by atoms with van der Waals surface area (Å²) in [6.45, 7) is 11.2. The number of halogens is 1. The number of carbonyl (C=O) groups is 1. The Hall–Kier alpha value is -1.30. The molecule has 1 N–H and O–H groups in total.